The molecule has 0 radical (unpaired) electrons. The number of carbonyl (C=O) groups is 2. The number of amides is 3. The first kappa shape index (κ1) is 18.0. The van der Waals surface area contributed by atoms with Gasteiger partial charge >= 0.3 is 6.03 Å². The van der Waals surface area contributed by atoms with Crippen LogP contribution in [0.1, 0.15) is 47.9 Å². The van der Waals surface area contributed by atoms with Crippen LogP contribution in [-0.2, 0) is 4.79 Å². The van der Waals surface area contributed by atoms with E-state index in [0.717, 1.165) is 16.9 Å². The first-order valence-electron chi connectivity index (χ1n) is 7.95. The SMILES string of the molecule is CC[C@@H](NC(=O)C[C@@H](NC(N)=O)c1cccs1)c1ccc(C)cc1. The van der Waals surface area contributed by atoms with Crippen molar-refractivity contribution in [2.24, 2.45) is 5.73 Å². The van der Waals surface area contributed by atoms with E-state index in [2.05, 4.69) is 10.6 Å². The average Bonchev–Trinajstić information content (AvgIpc) is 3.07. The van der Waals surface area contributed by atoms with Crippen molar-refractivity contribution >= 4 is 23.3 Å². The first-order valence-corrected chi connectivity index (χ1v) is 8.82. The van der Waals surface area contributed by atoms with E-state index in [1.165, 1.54) is 16.9 Å². The van der Waals surface area contributed by atoms with E-state index in [-0.39, 0.29) is 18.4 Å². The third-order valence-corrected chi connectivity index (χ3v) is 4.80. The Morgan fingerprint density at radius 3 is 2.38 bits per heavy atom. The van der Waals surface area contributed by atoms with E-state index >= 15 is 0 Å². The number of nitrogens with one attached hydrogen (secondary N) is 2. The summed E-state index contributed by atoms with van der Waals surface area (Å²) in [4.78, 5) is 24.6. The molecule has 0 fully saturated rings. The number of carbonyl (C=O) groups excluding carboxylic acids is 2. The molecule has 0 saturated carbocycles. The Morgan fingerprint density at radius 2 is 1.83 bits per heavy atom. The standard InChI is InChI=1S/C18H23N3O2S/c1-3-14(13-8-6-12(2)7-9-13)20-17(22)11-15(21-18(19)23)16-5-4-10-24-16/h4-10,14-15H,3,11H2,1-2H3,(H,20,22)(H3,19,21,23)/t14-,15-/m1/s1. The molecule has 3 amide bonds. The largest absolute Gasteiger partial charge is 0.352 e. The zero-order chi connectivity index (χ0) is 17.5. The van der Waals surface area contributed by atoms with Crippen molar-refractivity contribution in [3.05, 3.63) is 57.8 Å². The van der Waals surface area contributed by atoms with Gasteiger partial charge in [-0.2, -0.15) is 0 Å². The van der Waals surface area contributed by atoms with Crippen molar-refractivity contribution in [3.63, 3.8) is 0 Å². The van der Waals surface area contributed by atoms with Crippen molar-refractivity contribution in [3.8, 4) is 0 Å². The smallest absolute Gasteiger partial charge is 0.312 e. The minimum atomic E-state index is -0.633. The van der Waals surface area contributed by atoms with Gasteiger partial charge in [0.05, 0.1) is 18.5 Å². The minimum absolute atomic E-state index is 0.0457. The van der Waals surface area contributed by atoms with Crippen LogP contribution in [0.15, 0.2) is 41.8 Å². The van der Waals surface area contributed by atoms with Crippen LogP contribution in [0.4, 0.5) is 4.79 Å². The van der Waals surface area contributed by atoms with Crippen LogP contribution >= 0.6 is 11.3 Å². The number of nitrogens with two attached hydrogens (primary N) is 1. The molecule has 1 heterocycles. The van der Waals surface area contributed by atoms with Crippen LogP contribution in [0.2, 0.25) is 0 Å². The second-order valence-corrected chi connectivity index (χ2v) is 6.70. The van der Waals surface area contributed by atoms with Gasteiger partial charge in [0.1, 0.15) is 0 Å². The van der Waals surface area contributed by atoms with Crippen molar-refractivity contribution < 1.29 is 9.59 Å². The fraction of sp³-hybridized carbons (Fsp3) is 0.333. The topological polar surface area (TPSA) is 84.2 Å². The van der Waals surface area contributed by atoms with E-state index < -0.39 is 12.1 Å². The molecule has 1 aromatic carbocycles. The molecule has 0 spiro atoms. The molecular weight excluding hydrogens is 322 g/mol. The highest BCUT2D eigenvalue weighted by Gasteiger charge is 2.20. The number of urea groups is 1. The van der Waals surface area contributed by atoms with Gasteiger partial charge in [-0.15, -0.1) is 11.3 Å². The molecule has 128 valence electrons. The fourth-order valence-electron chi connectivity index (χ4n) is 2.54. The Bertz CT molecular complexity index is 668. The third kappa shape index (κ3) is 5.09. The summed E-state index contributed by atoms with van der Waals surface area (Å²) in [5, 5.41) is 7.59. The van der Waals surface area contributed by atoms with Crippen LogP contribution in [0.3, 0.4) is 0 Å². The highest BCUT2D eigenvalue weighted by Crippen LogP contribution is 2.23. The molecule has 0 aliphatic rings. The molecule has 24 heavy (non-hydrogen) atoms. The van der Waals surface area contributed by atoms with Gasteiger partial charge < -0.3 is 16.4 Å². The van der Waals surface area contributed by atoms with Crippen molar-refractivity contribution in [1.82, 2.24) is 10.6 Å². The van der Waals surface area contributed by atoms with Crippen LogP contribution in [-0.4, -0.2) is 11.9 Å². The minimum Gasteiger partial charge on any atom is -0.352 e. The molecule has 5 nitrogen and oxygen atoms in total. The second kappa shape index (κ2) is 8.49. The lowest BCUT2D eigenvalue weighted by Gasteiger charge is -2.20. The predicted molar refractivity (Wildman–Crippen MR) is 96.7 cm³/mol. The Kier molecular flexibility index (Phi) is 6.37. The number of primary amides is 1. The van der Waals surface area contributed by atoms with Crippen LogP contribution in [0.25, 0.3) is 0 Å². The zero-order valence-corrected chi connectivity index (χ0v) is 14.7. The number of rotatable bonds is 7. The number of aryl methyl sites for hydroxylation is 1. The van der Waals surface area contributed by atoms with Crippen molar-refractivity contribution in [1.29, 1.82) is 0 Å². The monoisotopic (exact) mass is 345 g/mol. The lowest BCUT2D eigenvalue weighted by Crippen LogP contribution is -2.37. The van der Waals surface area contributed by atoms with E-state index in [9.17, 15) is 9.59 Å². The third-order valence-electron chi connectivity index (χ3n) is 3.82. The van der Waals surface area contributed by atoms with Gasteiger partial charge in [-0.25, -0.2) is 4.79 Å². The maximum atomic E-state index is 12.4. The Morgan fingerprint density at radius 1 is 1.12 bits per heavy atom. The van der Waals surface area contributed by atoms with E-state index in [1.807, 2.05) is 55.6 Å². The van der Waals surface area contributed by atoms with Gasteiger partial charge in [-0.1, -0.05) is 42.8 Å². The number of benzene rings is 1. The summed E-state index contributed by atoms with van der Waals surface area (Å²) in [7, 11) is 0. The molecule has 0 aliphatic carbocycles. The second-order valence-electron chi connectivity index (χ2n) is 5.72. The summed E-state index contributed by atoms with van der Waals surface area (Å²) >= 11 is 1.49. The quantitative estimate of drug-likeness (QED) is 0.718. The van der Waals surface area contributed by atoms with Crippen LogP contribution in [0, 0.1) is 6.92 Å². The maximum Gasteiger partial charge on any atom is 0.312 e. The molecule has 6 heteroatoms. The fourth-order valence-corrected chi connectivity index (χ4v) is 3.32. The molecule has 4 N–H and O–H groups in total. The molecule has 0 unspecified atom stereocenters. The van der Waals surface area contributed by atoms with Gasteiger partial charge in [0.15, 0.2) is 0 Å². The predicted octanol–water partition coefficient (Wildman–Crippen LogP) is 3.42. The van der Waals surface area contributed by atoms with Gasteiger partial charge in [0.25, 0.3) is 0 Å². The number of hydrogen-bond acceptors (Lipinski definition) is 3. The van der Waals surface area contributed by atoms with Gasteiger partial charge in [-0.3, -0.25) is 4.79 Å². The summed E-state index contributed by atoms with van der Waals surface area (Å²) in [6.07, 6.45) is 0.952. The van der Waals surface area contributed by atoms with E-state index in [4.69, 9.17) is 5.73 Å². The Balaban J connectivity index is 2.03. The number of hydrogen-bond donors (Lipinski definition) is 3. The van der Waals surface area contributed by atoms with Gasteiger partial charge in [0.2, 0.25) is 5.91 Å². The molecule has 1 aromatic heterocycles. The van der Waals surface area contributed by atoms with Gasteiger partial charge in [-0.05, 0) is 30.4 Å². The summed E-state index contributed by atoms with van der Waals surface area (Å²) in [5.74, 6) is -0.116. The van der Waals surface area contributed by atoms with Gasteiger partial charge in [0, 0.05) is 4.88 Å². The normalized spacial score (nSPS) is 13.1. The van der Waals surface area contributed by atoms with Crippen LogP contribution in [0.5, 0.6) is 0 Å². The summed E-state index contributed by atoms with van der Waals surface area (Å²) < 4.78 is 0. The van der Waals surface area contributed by atoms with E-state index in [1.54, 1.807) is 0 Å². The first-order chi connectivity index (χ1) is 11.5. The highest BCUT2D eigenvalue weighted by molar-refractivity contribution is 7.10. The average molecular weight is 345 g/mol. The van der Waals surface area contributed by atoms with E-state index in [0.29, 0.717) is 0 Å². The molecule has 0 aliphatic heterocycles. The van der Waals surface area contributed by atoms with Crippen LogP contribution < -0.4 is 16.4 Å². The molecule has 2 rings (SSSR count). The summed E-state index contributed by atoms with van der Waals surface area (Å²) in [6.45, 7) is 4.06. The molecule has 2 aromatic rings. The Labute approximate surface area is 146 Å². The molecule has 2 atom stereocenters. The van der Waals surface area contributed by atoms with Crippen molar-refractivity contribution in [2.75, 3.05) is 0 Å². The highest BCUT2D eigenvalue weighted by atomic mass is 32.1. The maximum absolute atomic E-state index is 12.4. The molecule has 0 saturated heterocycles. The Hall–Kier alpha value is -2.34. The summed E-state index contributed by atoms with van der Waals surface area (Å²) in [5.41, 5.74) is 7.49. The molecule has 0 bridgehead atoms. The summed E-state index contributed by atoms with van der Waals surface area (Å²) in [6, 6.07) is 10.8. The number of thiophene rings is 1. The van der Waals surface area contributed by atoms with Crippen molar-refractivity contribution in [2.45, 2.75) is 38.8 Å². The lowest BCUT2D eigenvalue weighted by molar-refractivity contribution is -0.122. The molecular formula is C18H23N3O2S. The zero-order valence-electron chi connectivity index (χ0n) is 13.9. The lowest BCUT2D eigenvalue weighted by atomic mass is 10.0.